The Morgan fingerprint density at radius 1 is 0.943 bits per heavy atom. The molecular weight excluding hydrogens is 511 g/mol. The van der Waals surface area contributed by atoms with E-state index < -0.39 is 22.5 Å². The molecule has 0 unspecified atom stereocenters. The van der Waals surface area contributed by atoms with Gasteiger partial charge in [0.15, 0.2) is 0 Å². The van der Waals surface area contributed by atoms with Crippen molar-refractivity contribution in [2.75, 3.05) is 31.6 Å². The van der Waals surface area contributed by atoms with Crippen LogP contribution >= 0.6 is 23.2 Å². The number of carbonyl (C=O) groups excluding carboxylic acids is 1. The molecule has 0 aliphatic heterocycles. The van der Waals surface area contributed by atoms with Gasteiger partial charge in [0.25, 0.3) is 10.0 Å². The van der Waals surface area contributed by atoms with Crippen LogP contribution in [0.2, 0.25) is 10.0 Å². The van der Waals surface area contributed by atoms with Crippen molar-refractivity contribution >= 4 is 44.8 Å². The van der Waals surface area contributed by atoms with Gasteiger partial charge in [-0.05, 0) is 66.9 Å². The van der Waals surface area contributed by atoms with Gasteiger partial charge in [0, 0.05) is 6.54 Å². The second-order valence-corrected chi connectivity index (χ2v) is 10.4. The molecule has 0 fully saturated rings. The number of benzene rings is 3. The highest BCUT2D eigenvalue weighted by Gasteiger charge is 2.30. The lowest BCUT2D eigenvalue weighted by molar-refractivity contribution is -0.119. The molecule has 1 amide bonds. The minimum Gasteiger partial charge on any atom is -0.497 e. The zero-order chi connectivity index (χ0) is 25.6. The Labute approximate surface area is 215 Å². The lowest BCUT2D eigenvalue weighted by atomic mass is 10.1. The number of sulfonamides is 1. The maximum atomic E-state index is 13.7. The zero-order valence-electron chi connectivity index (χ0n) is 19.5. The van der Waals surface area contributed by atoms with Crippen LogP contribution in [0.1, 0.15) is 11.1 Å². The molecule has 3 rings (SSSR count). The number of nitrogens with one attached hydrogen (secondary N) is 1. The standard InChI is InChI=1S/C25H26Cl2N2O5S/c1-17-4-11-23(34-3)24(14-17)35(31,32)29(19-7-10-21(26)22(27)15-19)16-25(30)28-13-12-18-5-8-20(33-2)9-6-18/h4-11,14-15H,12-13,16H2,1-3H3,(H,28,30). The number of hydrogen-bond donors (Lipinski definition) is 1. The van der Waals surface area contributed by atoms with E-state index in [1.54, 1.807) is 26.2 Å². The highest BCUT2D eigenvalue weighted by Crippen LogP contribution is 2.33. The van der Waals surface area contributed by atoms with E-state index in [1.807, 2.05) is 24.3 Å². The monoisotopic (exact) mass is 536 g/mol. The van der Waals surface area contributed by atoms with Gasteiger partial charge in [-0.15, -0.1) is 0 Å². The zero-order valence-corrected chi connectivity index (χ0v) is 21.9. The summed E-state index contributed by atoms with van der Waals surface area (Å²) in [5.74, 6) is 0.437. The normalized spacial score (nSPS) is 11.1. The second-order valence-electron chi connectivity index (χ2n) is 7.71. The summed E-state index contributed by atoms with van der Waals surface area (Å²) in [5, 5.41) is 3.22. The predicted octanol–water partition coefficient (Wildman–Crippen LogP) is 4.87. The van der Waals surface area contributed by atoms with Gasteiger partial charge in [0.05, 0.1) is 30.0 Å². The Bertz CT molecular complexity index is 1300. The molecule has 186 valence electrons. The molecule has 0 aliphatic rings. The lowest BCUT2D eigenvalue weighted by Gasteiger charge is -2.25. The summed E-state index contributed by atoms with van der Waals surface area (Å²) in [6.45, 7) is 1.64. The van der Waals surface area contributed by atoms with E-state index in [1.165, 1.54) is 31.4 Å². The highest BCUT2D eigenvalue weighted by molar-refractivity contribution is 7.93. The number of halogens is 2. The summed E-state index contributed by atoms with van der Waals surface area (Å²) in [6.07, 6.45) is 0.570. The molecule has 35 heavy (non-hydrogen) atoms. The molecule has 0 bridgehead atoms. The fraction of sp³-hybridized carbons (Fsp3) is 0.240. The molecule has 3 aromatic rings. The van der Waals surface area contributed by atoms with Crippen LogP contribution < -0.4 is 19.1 Å². The van der Waals surface area contributed by atoms with Crippen LogP contribution in [0.5, 0.6) is 11.5 Å². The smallest absolute Gasteiger partial charge is 0.268 e. The van der Waals surface area contributed by atoms with Gasteiger partial charge in [-0.2, -0.15) is 0 Å². The van der Waals surface area contributed by atoms with Crippen molar-refractivity contribution < 1.29 is 22.7 Å². The van der Waals surface area contributed by atoms with Crippen LogP contribution in [-0.4, -0.2) is 41.6 Å². The lowest BCUT2D eigenvalue weighted by Crippen LogP contribution is -2.41. The maximum absolute atomic E-state index is 13.7. The first-order chi connectivity index (χ1) is 16.6. The Balaban J connectivity index is 1.85. The molecule has 0 saturated carbocycles. The van der Waals surface area contributed by atoms with Crippen LogP contribution in [0.15, 0.2) is 65.6 Å². The predicted molar refractivity (Wildman–Crippen MR) is 138 cm³/mol. The molecule has 0 spiro atoms. The number of ether oxygens (including phenoxy) is 2. The molecule has 0 aromatic heterocycles. The molecule has 10 heteroatoms. The fourth-order valence-corrected chi connectivity index (χ4v) is 5.33. The van der Waals surface area contributed by atoms with Crippen molar-refractivity contribution in [1.82, 2.24) is 5.32 Å². The van der Waals surface area contributed by atoms with E-state index in [0.29, 0.717) is 13.0 Å². The first kappa shape index (κ1) is 26.7. The molecule has 3 aromatic carbocycles. The third kappa shape index (κ3) is 6.60. The number of aryl methyl sites for hydroxylation is 1. The van der Waals surface area contributed by atoms with Crippen LogP contribution in [0, 0.1) is 6.92 Å². The van der Waals surface area contributed by atoms with E-state index in [2.05, 4.69) is 5.32 Å². The number of hydrogen-bond acceptors (Lipinski definition) is 5. The van der Waals surface area contributed by atoms with Crippen molar-refractivity contribution in [2.24, 2.45) is 0 Å². The largest absolute Gasteiger partial charge is 0.497 e. The van der Waals surface area contributed by atoms with E-state index in [9.17, 15) is 13.2 Å². The van der Waals surface area contributed by atoms with Gasteiger partial charge in [-0.1, -0.05) is 41.4 Å². The first-order valence-corrected chi connectivity index (χ1v) is 12.9. The summed E-state index contributed by atoms with van der Waals surface area (Å²) in [6, 6.07) is 16.7. The number of carbonyl (C=O) groups is 1. The number of nitrogens with zero attached hydrogens (tertiary/aromatic N) is 1. The average molecular weight is 537 g/mol. The topological polar surface area (TPSA) is 84.9 Å². The van der Waals surface area contributed by atoms with Gasteiger partial charge in [-0.25, -0.2) is 8.42 Å². The van der Waals surface area contributed by atoms with Crippen molar-refractivity contribution in [3.63, 3.8) is 0 Å². The summed E-state index contributed by atoms with van der Waals surface area (Å²) < 4.78 is 38.9. The van der Waals surface area contributed by atoms with E-state index in [0.717, 1.165) is 21.2 Å². The molecule has 1 N–H and O–H groups in total. The third-order valence-corrected chi connectivity index (χ3v) is 7.79. The van der Waals surface area contributed by atoms with E-state index >= 15 is 0 Å². The van der Waals surface area contributed by atoms with Crippen molar-refractivity contribution in [2.45, 2.75) is 18.2 Å². The Hall–Kier alpha value is -2.94. The summed E-state index contributed by atoms with van der Waals surface area (Å²) in [5.41, 5.74) is 1.93. The number of anilines is 1. The van der Waals surface area contributed by atoms with Gasteiger partial charge in [0.1, 0.15) is 22.9 Å². The Morgan fingerprint density at radius 2 is 1.66 bits per heavy atom. The summed E-state index contributed by atoms with van der Waals surface area (Å²) in [4.78, 5) is 12.8. The minimum absolute atomic E-state index is 0.0582. The van der Waals surface area contributed by atoms with E-state index in [-0.39, 0.29) is 26.4 Å². The number of rotatable bonds is 10. The van der Waals surface area contributed by atoms with Crippen LogP contribution in [-0.2, 0) is 21.2 Å². The van der Waals surface area contributed by atoms with Crippen LogP contribution in [0.4, 0.5) is 5.69 Å². The third-order valence-electron chi connectivity index (χ3n) is 5.26. The molecule has 0 aliphatic carbocycles. The fourth-order valence-electron chi connectivity index (χ4n) is 3.38. The van der Waals surface area contributed by atoms with Gasteiger partial charge in [-0.3, -0.25) is 9.10 Å². The summed E-state index contributed by atoms with van der Waals surface area (Å²) in [7, 11) is -1.22. The Morgan fingerprint density at radius 3 is 2.29 bits per heavy atom. The van der Waals surface area contributed by atoms with Crippen molar-refractivity contribution in [3.05, 3.63) is 81.8 Å². The molecule has 0 heterocycles. The average Bonchev–Trinajstić information content (AvgIpc) is 2.84. The molecule has 7 nitrogen and oxygen atoms in total. The first-order valence-electron chi connectivity index (χ1n) is 10.7. The SMILES string of the molecule is COc1ccc(CCNC(=O)CN(c2ccc(Cl)c(Cl)c2)S(=O)(=O)c2cc(C)ccc2OC)cc1. The molecule has 0 radical (unpaired) electrons. The van der Waals surface area contributed by atoms with Crippen LogP contribution in [0.3, 0.4) is 0 Å². The van der Waals surface area contributed by atoms with Gasteiger partial charge in [0.2, 0.25) is 5.91 Å². The molecule has 0 atom stereocenters. The number of amides is 1. The van der Waals surface area contributed by atoms with Crippen molar-refractivity contribution in [1.29, 1.82) is 0 Å². The van der Waals surface area contributed by atoms with Crippen molar-refractivity contribution in [3.8, 4) is 11.5 Å². The summed E-state index contributed by atoms with van der Waals surface area (Å²) >= 11 is 12.2. The second kappa shape index (κ2) is 11.7. The molecular formula is C25H26Cl2N2O5S. The molecule has 0 saturated heterocycles. The Kier molecular flexibility index (Phi) is 8.88. The van der Waals surface area contributed by atoms with Gasteiger partial charge >= 0.3 is 0 Å². The number of methoxy groups -OCH3 is 2. The quantitative estimate of drug-likeness (QED) is 0.399. The van der Waals surface area contributed by atoms with Gasteiger partial charge < -0.3 is 14.8 Å². The van der Waals surface area contributed by atoms with Crippen LogP contribution in [0.25, 0.3) is 0 Å². The van der Waals surface area contributed by atoms with E-state index in [4.69, 9.17) is 32.7 Å². The highest BCUT2D eigenvalue weighted by atomic mass is 35.5. The maximum Gasteiger partial charge on any atom is 0.268 e. The minimum atomic E-state index is -4.20.